The third-order valence-electron chi connectivity index (χ3n) is 5.85. The van der Waals surface area contributed by atoms with Crippen molar-refractivity contribution >= 4 is 45.7 Å². The van der Waals surface area contributed by atoms with Crippen LogP contribution in [0.5, 0.6) is 5.75 Å². The molecule has 0 aliphatic rings. The molecule has 1 aromatic heterocycles. The second-order valence-corrected chi connectivity index (χ2v) is 9.88. The first-order chi connectivity index (χ1) is 18.1. The quantitative estimate of drug-likeness (QED) is 0.104. The molecule has 0 radical (unpaired) electrons. The lowest BCUT2D eigenvalue weighted by molar-refractivity contribution is 0.112. The van der Waals surface area contributed by atoms with Gasteiger partial charge >= 0.3 is 0 Å². The van der Waals surface area contributed by atoms with Crippen molar-refractivity contribution in [3.8, 4) is 11.8 Å². The van der Waals surface area contributed by atoms with Gasteiger partial charge in [0, 0.05) is 18.8 Å². The normalized spacial score (nSPS) is 10.9. The van der Waals surface area contributed by atoms with Gasteiger partial charge in [0.15, 0.2) is 11.4 Å². The van der Waals surface area contributed by atoms with Gasteiger partial charge in [-0.25, -0.2) is 4.98 Å². The van der Waals surface area contributed by atoms with Crippen LogP contribution in [-0.4, -0.2) is 31.0 Å². The highest BCUT2D eigenvalue weighted by Gasteiger charge is 2.08. The first-order valence-electron chi connectivity index (χ1n) is 12.6. The number of hydrogen-bond donors (Lipinski definition) is 0. The number of aldehydes is 1. The Morgan fingerprint density at radius 1 is 1.03 bits per heavy atom. The third kappa shape index (κ3) is 9.60. The van der Waals surface area contributed by atoms with Crippen LogP contribution in [0, 0.1) is 11.3 Å². The van der Waals surface area contributed by atoms with Gasteiger partial charge in [0.2, 0.25) is 5.13 Å². The zero-order valence-corrected chi connectivity index (χ0v) is 22.7. The van der Waals surface area contributed by atoms with Crippen molar-refractivity contribution in [3.05, 3.63) is 64.1 Å². The Balaban J connectivity index is 1.29. The van der Waals surface area contributed by atoms with Crippen molar-refractivity contribution in [2.75, 3.05) is 24.6 Å². The Kier molecular flexibility index (Phi) is 12.0. The number of aromatic nitrogens is 1. The lowest BCUT2D eigenvalue weighted by Crippen LogP contribution is -2.23. The first kappa shape index (κ1) is 28.3. The highest BCUT2D eigenvalue weighted by atomic mass is 35.5. The predicted molar refractivity (Wildman–Crippen MR) is 150 cm³/mol. The number of unbranched alkanes of at least 4 members (excludes halogenated alkanes) is 5. The van der Waals surface area contributed by atoms with E-state index in [9.17, 15) is 4.79 Å². The molecule has 0 aliphatic heterocycles. The molecule has 0 unspecified atom stereocenters. The summed E-state index contributed by atoms with van der Waals surface area (Å²) in [5.41, 5.74) is 2.91. The number of anilines is 1. The van der Waals surface area contributed by atoms with E-state index in [-0.39, 0.29) is 5.15 Å². The number of carbonyl (C=O) groups excluding carboxylic acids is 1. The molecule has 0 bridgehead atoms. The average Bonchev–Trinajstić information content (AvgIpc) is 3.29. The molecule has 194 valence electrons. The Morgan fingerprint density at radius 2 is 1.73 bits per heavy atom. The SMILES string of the molecule is CCN(CCCCCCCCOc1ccc(CC#N)cc1)c1ccc(/N=N/c2nc(Cl)c(C=O)s2)cc1. The Labute approximate surface area is 227 Å². The second-order valence-electron chi connectivity index (χ2n) is 8.51. The third-order valence-corrected chi connectivity index (χ3v) is 7.12. The fraction of sp³-hybridized carbons (Fsp3) is 0.393. The molecule has 1 heterocycles. The molecule has 0 saturated carbocycles. The summed E-state index contributed by atoms with van der Waals surface area (Å²) in [6, 6.07) is 17.9. The molecular weight excluding hydrogens is 506 g/mol. The van der Waals surface area contributed by atoms with Crippen LogP contribution in [0.15, 0.2) is 58.8 Å². The molecule has 3 aromatic rings. The van der Waals surface area contributed by atoms with Crippen LogP contribution in [0.1, 0.15) is 60.7 Å². The van der Waals surface area contributed by atoms with Crippen LogP contribution in [0.25, 0.3) is 0 Å². The molecule has 0 atom stereocenters. The predicted octanol–water partition coefficient (Wildman–Crippen LogP) is 8.34. The summed E-state index contributed by atoms with van der Waals surface area (Å²) in [6.45, 7) is 4.87. The van der Waals surface area contributed by atoms with Crippen molar-refractivity contribution in [1.82, 2.24) is 4.98 Å². The first-order valence-corrected chi connectivity index (χ1v) is 13.8. The van der Waals surface area contributed by atoms with E-state index < -0.39 is 0 Å². The van der Waals surface area contributed by atoms with Gasteiger partial charge in [0.25, 0.3) is 0 Å². The van der Waals surface area contributed by atoms with Gasteiger partial charge in [0.05, 0.1) is 24.8 Å². The Hall–Kier alpha value is -3.28. The van der Waals surface area contributed by atoms with Crippen LogP contribution < -0.4 is 9.64 Å². The summed E-state index contributed by atoms with van der Waals surface area (Å²) in [6.07, 6.45) is 8.15. The molecule has 3 rings (SSSR count). The summed E-state index contributed by atoms with van der Waals surface area (Å²) in [4.78, 5) is 17.6. The maximum Gasteiger partial charge on any atom is 0.232 e. The molecule has 7 nitrogen and oxygen atoms in total. The zero-order chi connectivity index (χ0) is 26.3. The van der Waals surface area contributed by atoms with Gasteiger partial charge in [-0.2, -0.15) is 5.26 Å². The number of benzene rings is 2. The smallest absolute Gasteiger partial charge is 0.232 e. The van der Waals surface area contributed by atoms with Gasteiger partial charge in [-0.3, -0.25) is 4.79 Å². The van der Waals surface area contributed by atoms with E-state index in [2.05, 4.69) is 45.2 Å². The zero-order valence-electron chi connectivity index (χ0n) is 21.1. The minimum atomic E-state index is 0.160. The lowest BCUT2D eigenvalue weighted by atomic mass is 10.1. The van der Waals surface area contributed by atoms with Crippen molar-refractivity contribution in [2.45, 2.75) is 51.9 Å². The molecular formula is C28H32ClN5O2S. The van der Waals surface area contributed by atoms with Crippen LogP contribution in [0.3, 0.4) is 0 Å². The molecule has 0 amide bonds. The van der Waals surface area contributed by atoms with E-state index >= 15 is 0 Å². The molecule has 0 aliphatic carbocycles. The summed E-state index contributed by atoms with van der Waals surface area (Å²) in [7, 11) is 0. The van der Waals surface area contributed by atoms with E-state index in [0.29, 0.717) is 22.7 Å². The minimum Gasteiger partial charge on any atom is -0.494 e. The number of rotatable bonds is 16. The standard InChI is InChI=1S/C28H32ClN5O2S/c1-2-34(24-13-11-23(12-14-24)32-33-28-31-27(29)26(21-35)37-28)19-7-5-3-4-6-8-20-36-25-15-9-22(10-16-25)17-18-30/h9-16,21H,2-8,17,19-20H2,1H3/b33-32+. The molecule has 0 spiro atoms. The van der Waals surface area contributed by atoms with Gasteiger partial charge < -0.3 is 9.64 Å². The van der Waals surface area contributed by atoms with Gasteiger partial charge in [-0.05, 0) is 61.7 Å². The lowest BCUT2D eigenvalue weighted by Gasteiger charge is -2.23. The number of nitriles is 1. The average molecular weight is 538 g/mol. The highest BCUT2D eigenvalue weighted by molar-refractivity contribution is 7.17. The maximum absolute atomic E-state index is 10.9. The van der Waals surface area contributed by atoms with Crippen molar-refractivity contribution < 1.29 is 9.53 Å². The molecule has 37 heavy (non-hydrogen) atoms. The number of ether oxygens (including phenoxy) is 1. The molecule has 0 N–H and O–H groups in total. The molecule has 2 aromatic carbocycles. The number of hydrogen-bond acceptors (Lipinski definition) is 8. The minimum absolute atomic E-state index is 0.160. The number of thiazole rings is 1. The Bertz CT molecular complexity index is 1170. The molecule has 0 fully saturated rings. The van der Waals surface area contributed by atoms with E-state index in [1.54, 1.807) is 0 Å². The van der Waals surface area contributed by atoms with Gasteiger partial charge in [-0.15, -0.1) is 10.2 Å². The van der Waals surface area contributed by atoms with E-state index in [4.69, 9.17) is 21.6 Å². The van der Waals surface area contributed by atoms with Crippen molar-refractivity contribution in [2.24, 2.45) is 10.2 Å². The fourth-order valence-corrected chi connectivity index (χ4v) is 4.70. The van der Waals surface area contributed by atoms with Crippen LogP contribution >= 0.6 is 22.9 Å². The van der Waals surface area contributed by atoms with E-state index in [1.165, 1.54) is 31.4 Å². The topological polar surface area (TPSA) is 90.9 Å². The van der Waals surface area contributed by atoms with Crippen LogP contribution in [-0.2, 0) is 6.42 Å². The summed E-state index contributed by atoms with van der Waals surface area (Å²) in [5, 5.41) is 17.5. The number of halogens is 1. The molecule has 9 heteroatoms. The van der Waals surface area contributed by atoms with Crippen LogP contribution in [0.4, 0.5) is 16.5 Å². The van der Waals surface area contributed by atoms with Crippen LogP contribution in [0.2, 0.25) is 5.15 Å². The number of azo groups is 1. The van der Waals surface area contributed by atoms with Crippen molar-refractivity contribution in [1.29, 1.82) is 5.26 Å². The van der Waals surface area contributed by atoms with Gasteiger partial charge in [-0.1, -0.05) is 60.8 Å². The van der Waals surface area contributed by atoms with Gasteiger partial charge in [0.1, 0.15) is 10.6 Å². The fourth-order valence-electron chi connectivity index (χ4n) is 3.81. The second kappa shape index (κ2) is 15.7. The maximum atomic E-state index is 10.9. The molecule has 0 saturated heterocycles. The Morgan fingerprint density at radius 3 is 2.38 bits per heavy atom. The van der Waals surface area contributed by atoms with E-state index in [1.807, 2.05) is 36.4 Å². The monoisotopic (exact) mass is 537 g/mol. The number of nitrogens with zero attached hydrogens (tertiary/aromatic N) is 5. The summed E-state index contributed by atoms with van der Waals surface area (Å²) < 4.78 is 5.80. The highest BCUT2D eigenvalue weighted by Crippen LogP contribution is 2.29. The largest absolute Gasteiger partial charge is 0.494 e. The number of carbonyl (C=O) groups is 1. The van der Waals surface area contributed by atoms with Crippen molar-refractivity contribution in [3.63, 3.8) is 0 Å². The summed E-state index contributed by atoms with van der Waals surface area (Å²) >= 11 is 6.98. The summed E-state index contributed by atoms with van der Waals surface area (Å²) in [5.74, 6) is 0.870. The van der Waals surface area contributed by atoms with E-state index in [0.717, 1.165) is 60.9 Å².